The highest BCUT2D eigenvalue weighted by Gasteiger charge is 2.31. The number of thioether (sulfide) groups is 1. The van der Waals surface area contributed by atoms with Gasteiger partial charge in [0.15, 0.2) is 0 Å². The van der Waals surface area contributed by atoms with E-state index in [9.17, 15) is 0 Å². The van der Waals surface area contributed by atoms with Gasteiger partial charge in [0, 0.05) is 17.8 Å². The predicted molar refractivity (Wildman–Crippen MR) is 61.2 cm³/mol. The Bertz CT molecular complexity index is 162. The molecular formula is C10H20N2S. The summed E-state index contributed by atoms with van der Waals surface area (Å²) in [7, 11) is 0. The normalized spacial score (nSPS) is 28.8. The van der Waals surface area contributed by atoms with E-state index >= 15 is 0 Å². The van der Waals surface area contributed by atoms with Gasteiger partial charge in [0.1, 0.15) is 0 Å². The lowest BCUT2D eigenvalue weighted by atomic mass is 9.99. The van der Waals surface area contributed by atoms with Gasteiger partial charge < -0.3 is 11.1 Å². The molecule has 3 N–H and O–H groups in total. The van der Waals surface area contributed by atoms with Crippen LogP contribution in [-0.4, -0.2) is 30.1 Å². The van der Waals surface area contributed by atoms with E-state index in [0.29, 0.717) is 0 Å². The molecule has 0 aromatic heterocycles. The summed E-state index contributed by atoms with van der Waals surface area (Å²) in [5.41, 5.74) is 6.03. The maximum absolute atomic E-state index is 5.79. The molecule has 0 aromatic carbocycles. The first kappa shape index (κ1) is 11.1. The van der Waals surface area contributed by atoms with E-state index in [1.807, 2.05) is 11.8 Å². The summed E-state index contributed by atoms with van der Waals surface area (Å²) in [5, 5.41) is 3.58. The third-order valence-electron chi connectivity index (χ3n) is 2.54. The molecule has 13 heavy (non-hydrogen) atoms. The van der Waals surface area contributed by atoms with Crippen LogP contribution in [0.2, 0.25) is 0 Å². The SMILES string of the molecule is C/C=C/CCNC1(CN)CCSC1. The minimum Gasteiger partial charge on any atom is -0.329 e. The van der Waals surface area contributed by atoms with Crippen LogP contribution < -0.4 is 11.1 Å². The summed E-state index contributed by atoms with van der Waals surface area (Å²) < 4.78 is 0. The van der Waals surface area contributed by atoms with Crippen LogP contribution in [0.5, 0.6) is 0 Å². The van der Waals surface area contributed by atoms with Crippen LogP contribution in [0.1, 0.15) is 19.8 Å². The van der Waals surface area contributed by atoms with Crippen molar-refractivity contribution in [2.75, 3.05) is 24.6 Å². The van der Waals surface area contributed by atoms with Crippen LogP contribution in [0.25, 0.3) is 0 Å². The molecule has 0 aromatic rings. The van der Waals surface area contributed by atoms with E-state index in [0.717, 1.165) is 19.5 Å². The summed E-state index contributed by atoms with van der Waals surface area (Å²) in [6.45, 7) is 3.89. The van der Waals surface area contributed by atoms with Gasteiger partial charge in [-0.05, 0) is 32.1 Å². The Morgan fingerprint density at radius 2 is 2.46 bits per heavy atom. The van der Waals surface area contributed by atoms with Gasteiger partial charge in [-0.1, -0.05) is 12.2 Å². The molecule has 0 radical (unpaired) electrons. The highest BCUT2D eigenvalue weighted by molar-refractivity contribution is 7.99. The van der Waals surface area contributed by atoms with E-state index in [-0.39, 0.29) is 5.54 Å². The number of hydrogen-bond donors (Lipinski definition) is 2. The van der Waals surface area contributed by atoms with Crippen molar-refractivity contribution in [3.8, 4) is 0 Å². The number of nitrogens with two attached hydrogens (primary N) is 1. The van der Waals surface area contributed by atoms with Gasteiger partial charge >= 0.3 is 0 Å². The molecule has 1 heterocycles. The smallest absolute Gasteiger partial charge is 0.0403 e. The lowest BCUT2D eigenvalue weighted by Gasteiger charge is -2.27. The molecule has 76 valence electrons. The molecule has 0 amide bonds. The second-order valence-electron chi connectivity index (χ2n) is 3.57. The van der Waals surface area contributed by atoms with Crippen molar-refractivity contribution in [1.82, 2.24) is 5.32 Å². The Morgan fingerprint density at radius 3 is 3.00 bits per heavy atom. The highest BCUT2D eigenvalue weighted by atomic mass is 32.2. The van der Waals surface area contributed by atoms with E-state index < -0.39 is 0 Å². The van der Waals surface area contributed by atoms with Crippen molar-refractivity contribution in [2.24, 2.45) is 5.73 Å². The zero-order valence-corrected chi connectivity index (χ0v) is 9.20. The van der Waals surface area contributed by atoms with Crippen molar-refractivity contribution < 1.29 is 0 Å². The molecule has 1 fully saturated rings. The molecule has 1 unspecified atom stereocenters. The van der Waals surface area contributed by atoms with Crippen molar-refractivity contribution in [3.05, 3.63) is 12.2 Å². The highest BCUT2D eigenvalue weighted by Crippen LogP contribution is 2.26. The summed E-state index contributed by atoms with van der Waals surface area (Å²) in [6, 6.07) is 0. The first-order valence-corrected chi connectivity index (χ1v) is 6.12. The number of nitrogens with one attached hydrogen (secondary N) is 1. The maximum atomic E-state index is 5.79. The molecular weight excluding hydrogens is 180 g/mol. The number of allylic oxidation sites excluding steroid dienone is 1. The monoisotopic (exact) mass is 200 g/mol. The van der Waals surface area contributed by atoms with E-state index in [1.165, 1.54) is 17.9 Å². The lowest BCUT2D eigenvalue weighted by Crippen LogP contribution is -2.51. The molecule has 1 aliphatic heterocycles. The van der Waals surface area contributed by atoms with E-state index in [1.54, 1.807) is 0 Å². The van der Waals surface area contributed by atoms with Crippen LogP contribution in [0.4, 0.5) is 0 Å². The average Bonchev–Trinajstić information content (AvgIpc) is 2.62. The third kappa shape index (κ3) is 3.33. The fraction of sp³-hybridized carbons (Fsp3) is 0.800. The zero-order valence-electron chi connectivity index (χ0n) is 8.38. The van der Waals surface area contributed by atoms with E-state index in [2.05, 4.69) is 24.4 Å². The van der Waals surface area contributed by atoms with Crippen LogP contribution in [0, 0.1) is 0 Å². The van der Waals surface area contributed by atoms with Crippen molar-refractivity contribution in [3.63, 3.8) is 0 Å². The molecule has 0 spiro atoms. The second-order valence-corrected chi connectivity index (χ2v) is 4.68. The molecule has 0 bridgehead atoms. The van der Waals surface area contributed by atoms with Gasteiger partial charge in [0.25, 0.3) is 0 Å². The molecule has 1 saturated heterocycles. The molecule has 0 saturated carbocycles. The molecule has 3 heteroatoms. The topological polar surface area (TPSA) is 38.0 Å². The van der Waals surface area contributed by atoms with Crippen molar-refractivity contribution in [1.29, 1.82) is 0 Å². The quantitative estimate of drug-likeness (QED) is 0.520. The van der Waals surface area contributed by atoms with Crippen LogP contribution in [0.3, 0.4) is 0 Å². The van der Waals surface area contributed by atoms with Gasteiger partial charge in [-0.15, -0.1) is 0 Å². The fourth-order valence-electron chi connectivity index (χ4n) is 1.57. The molecule has 2 nitrogen and oxygen atoms in total. The second kappa shape index (κ2) is 5.68. The minimum atomic E-state index is 0.242. The maximum Gasteiger partial charge on any atom is 0.0403 e. The standard InChI is InChI=1S/C10H20N2S/c1-2-3-4-6-12-10(8-11)5-7-13-9-10/h2-3,12H,4-9,11H2,1H3/b3-2+. The van der Waals surface area contributed by atoms with Gasteiger partial charge in [-0.25, -0.2) is 0 Å². The summed E-state index contributed by atoms with van der Waals surface area (Å²) in [4.78, 5) is 0. The van der Waals surface area contributed by atoms with Crippen molar-refractivity contribution >= 4 is 11.8 Å². The molecule has 0 aliphatic carbocycles. The largest absolute Gasteiger partial charge is 0.329 e. The van der Waals surface area contributed by atoms with Crippen molar-refractivity contribution in [2.45, 2.75) is 25.3 Å². The Balaban J connectivity index is 2.23. The van der Waals surface area contributed by atoms with Crippen LogP contribution in [-0.2, 0) is 0 Å². The first-order valence-electron chi connectivity index (χ1n) is 4.97. The zero-order chi connectivity index (χ0) is 9.57. The Kier molecular flexibility index (Phi) is 4.84. The van der Waals surface area contributed by atoms with Gasteiger partial charge in [0.05, 0.1) is 0 Å². The average molecular weight is 200 g/mol. The molecule has 1 atom stereocenters. The summed E-state index contributed by atoms with van der Waals surface area (Å²) >= 11 is 2.01. The molecule has 1 aliphatic rings. The number of rotatable bonds is 5. The van der Waals surface area contributed by atoms with Crippen LogP contribution >= 0.6 is 11.8 Å². The van der Waals surface area contributed by atoms with E-state index in [4.69, 9.17) is 5.73 Å². The summed E-state index contributed by atoms with van der Waals surface area (Å²) in [6.07, 6.45) is 6.63. The third-order valence-corrected chi connectivity index (χ3v) is 3.79. The van der Waals surface area contributed by atoms with Gasteiger partial charge in [-0.2, -0.15) is 11.8 Å². The van der Waals surface area contributed by atoms with Crippen LogP contribution in [0.15, 0.2) is 12.2 Å². The Morgan fingerprint density at radius 1 is 1.62 bits per heavy atom. The Labute approximate surface area is 85.3 Å². The fourth-order valence-corrected chi connectivity index (χ4v) is 3.00. The van der Waals surface area contributed by atoms with Gasteiger partial charge in [-0.3, -0.25) is 0 Å². The predicted octanol–water partition coefficient (Wildman–Crippen LogP) is 1.38. The lowest BCUT2D eigenvalue weighted by molar-refractivity contribution is 0.377. The first-order chi connectivity index (χ1) is 6.33. The number of hydrogen-bond acceptors (Lipinski definition) is 3. The summed E-state index contributed by atoms with van der Waals surface area (Å²) in [5.74, 6) is 2.44. The molecule has 1 rings (SSSR count). The Hall–Kier alpha value is 0.0100. The minimum absolute atomic E-state index is 0.242. The van der Waals surface area contributed by atoms with Gasteiger partial charge in [0.2, 0.25) is 0 Å².